The average molecular weight is 412 g/mol. The summed E-state index contributed by atoms with van der Waals surface area (Å²) in [6.07, 6.45) is -5.97. The summed E-state index contributed by atoms with van der Waals surface area (Å²) in [5.41, 5.74) is -0.865. The molecule has 0 aliphatic heterocycles. The molecule has 6 nitrogen and oxygen atoms in total. The third-order valence-corrected chi connectivity index (χ3v) is 3.52. The normalized spacial score (nSPS) is 13.0. The molecule has 0 aliphatic carbocycles. The highest BCUT2D eigenvalue weighted by molar-refractivity contribution is 6.18. The van der Waals surface area contributed by atoms with E-state index in [0.29, 0.717) is 5.69 Å². The molecule has 0 saturated carbocycles. The molecule has 1 amide bonds. The van der Waals surface area contributed by atoms with Crippen LogP contribution in [-0.4, -0.2) is 48.4 Å². The number of aliphatic hydroxyl groups is 1. The lowest BCUT2D eigenvalue weighted by atomic mass is 10.1. The Morgan fingerprint density at radius 2 is 1.85 bits per heavy atom. The van der Waals surface area contributed by atoms with E-state index < -0.39 is 29.5 Å². The third kappa shape index (κ3) is 9.05. The van der Waals surface area contributed by atoms with E-state index in [-0.39, 0.29) is 31.2 Å². The highest BCUT2D eigenvalue weighted by Crippen LogP contribution is 2.34. The number of carbonyl (C=O) groups excluding carboxylic acids is 1. The largest absolute Gasteiger partial charge is 0.444 e. The Balaban J connectivity index is 2.70. The number of alkyl halides is 4. The first-order chi connectivity index (χ1) is 12.4. The maximum absolute atomic E-state index is 12.9. The maximum Gasteiger partial charge on any atom is 0.416 e. The smallest absolute Gasteiger partial charge is 0.416 e. The highest BCUT2D eigenvalue weighted by atomic mass is 35.5. The van der Waals surface area contributed by atoms with E-state index in [9.17, 15) is 23.1 Å². The minimum atomic E-state index is -4.49. The van der Waals surface area contributed by atoms with Crippen LogP contribution < -0.4 is 16.0 Å². The zero-order chi connectivity index (χ0) is 20.7. The van der Waals surface area contributed by atoms with Crippen molar-refractivity contribution in [1.29, 1.82) is 0 Å². The molecular formula is C17H25ClF3N3O3. The van der Waals surface area contributed by atoms with Crippen molar-refractivity contribution in [1.82, 2.24) is 5.32 Å². The zero-order valence-corrected chi connectivity index (χ0v) is 16.2. The number of halogens is 4. The van der Waals surface area contributed by atoms with Crippen molar-refractivity contribution in [2.45, 2.75) is 38.7 Å². The van der Waals surface area contributed by atoms with E-state index >= 15 is 0 Å². The maximum atomic E-state index is 12.9. The van der Waals surface area contributed by atoms with Crippen molar-refractivity contribution >= 4 is 29.1 Å². The number of ether oxygens (including phenoxy) is 1. The zero-order valence-electron chi connectivity index (χ0n) is 15.4. The van der Waals surface area contributed by atoms with Gasteiger partial charge in [0.2, 0.25) is 0 Å². The SMILES string of the molecule is CC(C)(C)OC(=O)NCCNc1ccc(C(F)(F)F)cc1NCC(O)CCl. The predicted octanol–water partition coefficient (Wildman–Crippen LogP) is 3.65. The first-order valence-corrected chi connectivity index (χ1v) is 8.85. The number of rotatable bonds is 8. The van der Waals surface area contributed by atoms with Crippen LogP contribution in [-0.2, 0) is 10.9 Å². The monoisotopic (exact) mass is 411 g/mol. The number of amides is 1. The van der Waals surface area contributed by atoms with Gasteiger partial charge in [0.15, 0.2) is 0 Å². The second kappa shape index (κ2) is 9.89. The molecular weight excluding hydrogens is 387 g/mol. The minimum Gasteiger partial charge on any atom is -0.444 e. The van der Waals surface area contributed by atoms with Gasteiger partial charge in [0.05, 0.1) is 28.9 Å². The lowest BCUT2D eigenvalue weighted by Crippen LogP contribution is -2.35. The second-order valence-electron chi connectivity index (χ2n) is 6.80. The van der Waals surface area contributed by atoms with Crippen molar-refractivity contribution in [2.24, 2.45) is 0 Å². The number of nitrogens with one attached hydrogen (secondary N) is 3. The van der Waals surface area contributed by atoms with Gasteiger partial charge in [-0.05, 0) is 39.0 Å². The molecule has 154 valence electrons. The Morgan fingerprint density at radius 3 is 2.41 bits per heavy atom. The molecule has 0 fully saturated rings. The number of hydrogen-bond donors (Lipinski definition) is 4. The molecule has 0 aliphatic rings. The van der Waals surface area contributed by atoms with Gasteiger partial charge in [-0.25, -0.2) is 4.79 Å². The van der Waals surface area contributed by atoms with Gasteiger partial charge in [0, 0.05) is 19.6 Å². The molecule has 0 heterocycles. The Hall–Kier alpha value is -1.87. The topological polar surface area (TPSA) is 82.6 Å². The standard InChI is InChI=1S/C17H25ClF3N3O3/c1-16(2,3)27-15(26)23-7-6-22-13-5-4-11(17(19,20)21)8-14(13)24-10-12(25)9-18/h4-5,8,12,22,24-25H,6-7,9-10H2,1-3H3,(H,23,26). The Bertz CT molecular complexity index is 622. The first kappa shape index (κ1) is 23.2. The van der Waals surface area contributed by atoms with Crippen molar-refractivity contribution in [3.8, 4) is 0 Å². The molecule has 4 N–H and O–H groups in total. The summed E-state index contributed by atoms with van der Waals surface area (Å²) >= 11 is 5.50. The highest BCUT2D eigenvalue weighted by Gasteiger charge is 2.31. The summed E-state index contributed by atoms with van der Waals surface area (Å²) in [5.74, 6) is -0.0471. The summed E-state index contributed by atoms with van der Waals surface area (Å²) in [6, 6.07) is 3.18. The van der Waals surface area contributed by atoms with Gasteiger partial charge in [0.25, 0.3) is 0 Å². The van der Waals surface area contributed by atoms with Crippen LogP contribution >= 0.6 is 11.6 Å². The molecule has 1 rings (SSSR count). The van der Waals surface area contributed by atoms with Gasteiger partial charge in [-0.1, -0.05) is 0 Å². The molecule has 10 heteroatoms. The van der Waals surface area contributed by atoms with Gasteiger partial charge >= 0.3 is 12.3 Å². The Labute approximate surface area is 161 Å². The Kier molecular flexibility index (Phi) is 8.49. The average Bonchev–Trinajstić information content (AvgIpc) is 2.54. The molecule has 27 heavy (non-hydrogen) atoms. The number of anilines is 2. The molecule has 0 saturated heterocycles. The second-order valence-corrected chi connectivity index (χ2v) is 7.11. The number of alkyl carbamates (subject to hydrolysis) is 1. The number of hydrogen-bond acceptors (Lipinski definition) is 5. The van der Waals surface area contributed by atoms with Gasteiger partial charge in [-0.15, -0.1) is 11.6 Å². The number of aliphatic hydroxyl groups excluding tert-OH is 1. The van der Waals surface area contributed by atoms with E-state index in [0.717, 1.165) is 12.1 Å². The summed E-state index contributed by atoms with van der Waals surface area (Å²) < 4.78 is 43.8. The lowest BCUT2D eigenvalue weighted by Gasteiger charge is -2.20. The van der Waals surface area contributed by atoms with E-state index in [4.69, 9.17) is 16.3 Å². The lowest BCUT2D eigenvalue weighted by molar-refractivity contribution is -0.137. The van der Waals surface area contributed by atoms with Gasteiger partial charge in [-0.2, -0.15) is 13.2 Å². The van der Waals surface area contributed by atoms with Crippen LogP contribution in [0.3, 0.4) is 0 Å². The molecule has 0 spiro atoms. The molecule has 1 unspecified atom stereocenters. The van der Waals surface area contributed by atoms with E-state index in [1.54, 1.807) is 20.8 Å². The minimum absolute atomic E-state index is 0.00432. The predicted molar refractivity (Wildman–Crippen MR) is 99.4 cm³/mol. The van der Waals surface area contributed by atoms with Crippen molar-refractivity contribution in [2.75, 3.05) is 36.1 Å². The quantitative estimate of drug-likeness (QED) is 0.388. The van der Waals surface area contributed by atoms with Gasteiger partial charge in [0.1, 0.15) is 5.60 Å². The van der Waals surface area contributed by atoms with Gasteiger partial charge in [-0.3, -0.25) is 0 Å². The molecule has 0 bridgehead atoms. The molecule has 0 radical (unpaired) electrons. The van der Waals surface area contributed by atoms with Crippen LogP contribution in [0.2, 0.25) is 0 Å². The fraction of sp³-hybridized carbons (Fsp3) is 0.588. The fourth-order valence-corrected chi connectivity index (χ4v) is 2.09. The van der Waals surface area contributed by atoms with Crippen LogP contribution in [0.5, 0.6) is 0 Å². The van der Waals surface area contributed by atoms with Crippen LogP contribution in [0, 0.1) is 0 Å². The summed E-state index contributed by atoms with van der Waals surface area (Å²) in [4.78, 5) is 11.6. The third-order valence-electron chi connectivity index (χ3n) is 3.16. The van der Waals surface area contributed by atoms with E-state index in [1.165, 1.54) is 6.07 Å². The van der Waals surface area contributed by atoms with Crippen LogP contribution in [0.15, 0.2) is 18.2 Å². The van der Waals surface area contributed by atoms with Crippen molar-refractivity contribution < 1.29 is 27.8 Å². The van der Waals surface area contributed by atoms with Crippen LogP contribution in [0.1, 0.15) is 26.3 Å². The fourth-order valence-electron chi connectivity index (χ4n) is 1.98. The van der Waals surface area contributed by atoms with Gasteiger partial charge < -0.3 is 25.8 Å². The molecule has 1 aromatic carbocycles. The number of carbonyl (C=O) groups is 1. The van der Waals surface area contributed by atoms with E-state index in [1.807, 2.05) is 0 Å². The summed E-state index contributed by atoms with van der Waals surface area (Å²) in [7, 11) is 0. The number of benzene rings is 1. The van der Waals surface area contributed by atoms with E-state index in [2.05, 4.69) is 16.0 Å². The van der Waals surface area contributed by atoms with Crippen LogP contribution in [0.4, 0.5) is 29.3 Å². The Morgan fingerprint density at radius 1 is 1.19 bits per heavy atom. The van der Waals surface area contributed by atoms with Crippen molar-refractivity contribution in [3.63, 3.8) is 0 Å². The van der Waals surface area contributed by atoms with Crippen molar-refractivity contribution in [3.05, 3.63) is 23.8 Å². The summed E-state index contributed by atoms with van der Waals surface area (Å²) in [5, 5.41) is 17.7. The van der Waals surface area contributed by atoms with Crippen LogP contribution in [0.25, 0.3) is 0 Å². The molecule has 0 aromatic heterocycles. The first-order valence-electron chi connectivity index (χ1n) is 8.32. The molecule has 1 atom stereocenters. The summed E-state index contributed by atoms with van der Waals surface area (Å²) in [6.45, 7) is 5.67. The molecule has 1 aromatic rings.